The van der Waals surface area contributed by atoms with Crippen molar-refractivity contribution in [3.05, 3.63) is 35.9 Å². The van der Waals surface area contributed by atoms with E-state index in [4.69, 9.17) is 4.74 Å². The topological polar surface area (TPSA) is 114 Å². The second-order valence-electron chi connectivity index (χ2n) is 5.15. The van der Waals surface area contributed by atoms with Gasteiger partial charge in [-0.15, -0.1) is 0 Å². The second-order valence-corrected chi connectivity index (χ2v) is 6.98. The first-order valence-corrected chi connectivity index (χ1v) is 8.94. The molecule has 23 heavy (non-hydrogen) atoms. The molecular weight excluding hydrogens is 322 g/mol. The Balaban J connectivity index is 1.97. The molecule has 2 atom stereocenters. The summed E-state index contributed by atoms with van der Waals surface area (Å²) in [6.45, 7) is 0.0177. The lowest BCUT2D eigenvalue weighted by Gasteiger charge is -2.31. The summed E-state index contributed by atoms with van der Waals surface area (Å²) in [6, 6.07) is 8.46. The highest BCUT2D eigenvalue weighted by Crippen LogP contribution is 2.22. The molecule has 1 aromatic rings. The van der Waals surface area contributed by atoms with Gasteiger partial charge >= 0.3 is 0 Å². The fraction of sp³-hybridized carbons (Fsp3) is 0.429. The minimum absolute atomic E-state index is 0.0830. The lowest BCUT2D eigenvalue weighted by Crippen LogP contribution is -2.53. The van der Waals surface area contributed by atoms with Gasteiger partial charge in [0, 0.05) is 13.1 Å². The second kappa shape index (κ2) is 7.53. The molecule has 3 N–H and O–H groups in total. The summed E-state index contributed by atoms with van der Waals surface area (Å²) in [7, 11) is -3.30. The maximum atomic E-state index is 12.2. The van der Waals surface area contributed by atoms with E-state index in [0.717, 1.165) is 11.8 Å². The minimum atomic E-state index is -3.30. The Labute approximate surface area is 134 Å². The van der Waals surface area contributed by atoms with Crippen molar-refractivity contribution in [3.8, 4) is 0 Å². The SMILES string of the molecule is CS(=O)(=O)NCCNC(=O)[C@H]1OCC(=O)N[C@@H]1c1ccccc1. The number of rotatable bonds is 6. The van der Waals surface area contributed by atoms with E-state index in [9.17, 15) is 18.0 Å². The quantitative estimate of drug-likeness (QED) is 0.569. The summed E-state index contributed by atoms with van der Waals surface area (Å²) >= 11 is 0. The van der Waals surface area contributed by atoms with Crippen LogP contribution in [-0.4, -0.2) is 52.3 Å². The van der Waals surface area contributed by atoms with Gasteiger partial charge < -0.3 is 15.4 Å². The van der Waals surface area contributed by atoms with Crippen LogP contribution in [0.1, 0.15) is 11.6 Å². The third-order valence-corrected chi connectivity index (χ3v) is 3.95. The highest BCUT2D eigenvalue weighted by atomic mass is 32.2. The number of benzene rings is 1. The summed E-state index contributed by atoms with van der Waals surface area (Å²) in [6.07, 6.45) is 0.174. The van der Waals surface area contributed by atoms with E-state index >= 15 is 0 Å². The largest absolute Gasteiger partial charge is 0.356 e. The average Bonchev–Trinajstić information content (AvgIpc) is 2.51. The predicted molar refractivity (Wildman–Crippen MR) is 82.9 cm³/mol. The number of ether oxygens (including phenoxy) is 1. The van der Waals surface area contributed by atoms with Gasteiger partial charge in [-0.05, 0) is 5.56 Å². The normalized spacial score (nSPS) is 21.5. The summed E-state index contributed by atoms with van der Waals surface area (Å²) in [5.74, 6) is -0.698. The summed E-state index contributed by atoms with van der Waals surface area (Å²) < 4.78 is 29.5. The van der Waals surface area contributed by atoms with Crippen molar-refractivity contribution in [1.82, 2.24) is 15.4 Å². The maximum absolute atomic E-state index is 12.2. The van der Waals surface area contributed by atoms with Gasteiger partial charge in [-0.2, -0.15) is 0 Å². The Bertz CT molecular complexity index is 662. The molecule has 1 fully saturated rings. The smallest absolute Gasteiger partial charge is 0.251 e. The molecule has 1 aliphatic rings. The van der Waals surface area contributed by atoms with E-state index in [0.29, 0.717) is 0 Å². The van der Waals surface area contributed by atoms with Crippen molar-refractivity contribution < 1.29 is 22.7 Å². The monoisotopic (exact) mass is 341 g/mol. The molecule has 0 bridgehead atoms. The molecule has 1 saturated heterocycles. The van der Waals surface area contributed by atoms with Crippen molar-refractivity contribution >= 4 is 21.8 Å². The van der Waals surface area contributed by atoms with Crippen molar-refractivity contribution in [2.75, 3.05) is 26.0 Å². The van der Waals surface area contributed by atoms with E-state index in [1.54, 1.807) is 24.3 Å². The van der Waals surface area contributed by atoms with Crippen LogP contribution >= 0.6 is 0 Å². The minimum Gasteiger partial charge on any atom is -0.356 e. The third-order valence-electron chi connectivity index (χ3n) is 3.22. The molecule has 2 rings (SSSR count). The molecule has 0 spiro atoms. The molecule has 0 saturated carbocycles. The first kappa shape index (κ1) is 17.4. The predicted octanol–water partition coefficient (Wildman–Crippen LogP) is -1.09. The molecule has 0 unspecified atom stereocenters. The molecule has 0 radical (unpaired) electrons. The van der Waals surface area contributed by atoms with Gasteiger partial charge in [0.15, 0.2) is 6.10 Å². The summed E-state index contributed by atoms with van der Waals surface area (Å²) in [5.41, 5.74) is 0.759. The molecule has 1 aliphatic heterocycles. The number of carbonyl (C=O) groups is 2. The van der Waals surface area contributed by atoms with Crippen LogP contribution in [0.5, 0.6) is 0 Å². The zero-order valence-corrected chi connectivity index (χ0v) is 13.4. The zero-order chi connectivity index (χ0) is 16.9. The number of sulfonamides is 1. The van der Waals surface area contributed by atoms with Gasteiger partial charge in [0.25, 0.3) is 5.91 Å². The van der Waals surface area contributed by atoms with Gasteiger partial charge in [0.2, 0.25) is 15.9 Å². The molecule has 0 aromatic heterocycles. The number of nitrogens with one attached hydrogen (secondary N) is 3. The molecule has 0 aliphatic carbocycles. The molecular formula is C14H19N3O5S. The van der Waals surface area contributed by atoms with Crippen LogP contribution in [0.3, 0.4) is 0 Å². The summed E-state index contributed by atoms with van der Waals surface area (Å²) in [4.78, 5) is 23.8. The zero-order valence-electron chi connectivity index (χ0n) is 12.6. The highest BCUT2D eigenvalue weighted by Gasteiger charge is 2.35. The van der Waals surface area contributed by atoms with Gasteiger partial charge in [-0.25, -0.2) is 13.1 Å². The number of carbonyl (C=O) groups excluding carboxylic acids is 2. The third kappa shape index (κ3) is 5.31. The maximum Gasteiger partial charge on any atom is 0.251 e. The lowest BCUT2D eigenvalue weighted by atomic mass is 9.99. The average molecular weight is 341 g/mol. The van der Waals surface area contributed by atoms with Crippen molar-refractivity contribution in [2.45, 2.75) is 12.1 Å². The molecule has 1 heterocycles. The van der Waals surface area contributed by atoms with Crippen LogP contribution in [0.2, 0.25) is 0 Å². The number of amides is 2. The Morgan fingerprint density at radius 3 is 2.65 bits per heavy atom. The van der Waals surface area contributed by atoms with Crippen molar-refractivity contribution in [3.63, 3.8) is 0 Å². The van der Waals surface area contributed by atoms with E-state index < -0.39 is 28.1 Å². The molecule has 2 amide bonds. The fourth-order valence-corrected chi connectivity index (χ4v) is 2.69. The van der Waals surface area contributed by atoms with E-state index in [-0.39, 0.29) is 25.6 Å². The Hall–Kier alpha value is -1.97. The van der Waals surface area contributed by atoms with Crippen LogP contribution < -0.4 is 15.4 Å². The van der Waals surface area contributed by atoms with Crippen LogP contribution in [0, 0.1) is 0 Å². The first-order chi connectivity index (χ1) is 10.9. The molecule has 8 nitrogen and oxygen atoms in total. The van der Waals surface area contributed by atoms with Crippen LogP contribution in [0.25, 0.3) is 0 Å². The summed E-state index contributed by atoms with van der Waals surface area (Å²) in [5, 5.41) is 5.34. The number of hydrogen-bond acceptors (Lipinski definition) is 5. The van der Waals surface area contributed by atoms with Gasteiger partial charge in [0.05, 0.1) is 12.3 Å². The van der Waals surface area contributed by atoms with E-state index in [1.807, 2.05) is 6.07 Å². The van der Waals surface area contributed by atoms with Gasteiger partial charge in [0.1, 0.15) is 6.61 Å². The Morgan fingerprint density at radius 2 is 2.00 bits per heavy atom. The van der Waals surface area contributed by atoms with Gasteiger partial charge in [-0.1, -0.05) is 30.3 Å². The van der Waals surface area contributed by atoms with Crippen molar-refractivity contribution in [2.24, 2.45) is 0 Å². The Kier molecular flexibility index (Phi) is 5.69. The molecule has 9 heteroatoms. The standard InChI is InChI=1S/C14H19N3O5S/c1-23(20,21)16-8-7-15-14(19)13-12(17-11(18)9-22-13)10-5-3-2-4-6-10/h2-6,12-13,16H,7-9H2,1H3,(H,15,19)(H,17,18)/t12-,13+/m1/s1. The van der Waals surface area contributed by atoms with Crippen LogP contribution in [-0.2, 0) is 24.3 Å². The van der Waals surface area contributed by atoms with Gasteiger partial charge in [-0.3, -0.25) is 9.59 Å². The Morgan fingerprint density at radius 1 is 1.30 bits per heavy atom. The molecule has 1 aromatic carbocycles. The van der Waals surface area contributed by atoms with E-state index in [2.05, 4.69) is 15.4 Å². The van der Waals surface area contributed by atoms with Crippen molar-refractivity contribution in [1.29, 1.82) is 0 Å². The van der Waals surface area contributed by atoms with Crippen LogP contribution in [0.4, 0.5) is 0 Å². The van der Waals surface area contributed by atoms with Crippen LogP contribution in [0.15, 0.2) is 30.3 Å². The number of hydrogen-bond donors (Lipinski definition) is 3. The highest BCUT2D eigenvalue weighted by molar-refractivity contribution is 7.88. The first-order valence-electron chi connectivity index (χ1n) is 7.05. The molecule has 126 valence electrons. The number of morpholine rings is 1. The lowest BCUT2D eigenvalue weighted by molar-refractivity contribution is -0.148. The fourth-order valence-electron chi connectivity index (χ4n) is 2.22. The van der Waals surface area contributed by atoms with E-state index in [1.165, 1.54) is 0 Å².